The Labute approximate surface area is 106 Å². The summed E-state index contributed by atoms with van der Waals surface area (Å²) in [6.07, 6.45) is 0. The maximum Gasteiger partial charge on any atom is 0.127 e. The predicted octanol–water partition coefficient (Wildman–Crippen LogP) is 3.94. The van der Waals surface area contributed by atoms with Crippen molar-refractivity contribution in [3.05, 3.63) is 56.4 Å². The minimum absolute atomic E-state index is 0.165. The summed E-state index contributed by atoms with van der Waals surface area (Å²) >= 11 is 5.03. The normalized spacial score (nSPS) is 10.6. The zero-order valence-electron chi connectivity index (χ0n) is 8.54. The first-order chi connectivity index (χ1) is 7.75. The Kier molecular flexibility index (Phi) is 4.09. The van der Waals surface area contributed by atoms with Gasteiger partial charge >= 0.3 is 0 Å². The fraction of sp³-hybridized carbons (Fsp3) is 0.167. The van der Waals surface area contributed by atoms with Crippen molar-refractivity contribution in [2.45, 2.75) is 13.1 Å². The molecule has 84 valence electrons. The van der Waals surface area contributed by atoms with Crippen molar-refractivity contribution >= 4 is 27.3 Å². The van der Waals surface area contributed by atoms with Crippen LogP contribution in [0.25, 0.3) is 0 Å². The molecule has 0 unspecified atom stereocenters. The van der Waals surface area contributed by atoms with Gasteiger partial charge in [0.15, 0.2) is 0 Å². The van der Waals surface area contributed by atoms with Crippen LogP contribution in [0.3, 0.4) is 0 Å². The Morgan fingerprint density at radius 1 is 1.25 bits per heavy atom. The number of thiophene rings is 1. The molecule has 0 saturated carbocycles. The summed E-state index contributed by atoms with van der Waals surface area (Å²) in [7, 11) is 0. The SMILES string of the molecule is Fc1ccc(Br)cc1CNCc1cccs1. The molecule has 0 amide bonds. The third-order valence-corrected chi connectivity index (χ3v) is 3.57. The Bertz CT molecular complexity index is 456. The number of hydrogen-bond acceptors (Lipinski definition) is 2. The minimum atomic E-state index is -0.165. The van der Waals surface area contributed by atoms with Crippen LogP contribution in [0.5, 0.6) is 0 Å². The highest BCUT2D eigenvalue weighted by Gasteiger charge is 2.02. The maximum atomic E-state index is 13.4. The second-order valence-corrected chi connectivity index (χ2v) is 5.37. The summed E-state index contributed by atoms with van der Waals surface area (Å²) in [5, 5.41) is 5.26. The van der Waals surface area contributed by atoms with Gasteiger partial charge in [0.05, 0.1) is 0 Å². The second-order valence-electron chi connectivity index (χ2n) is 3.42. The Morgan fingerprint density at radius 2 is 2.12 bits per heavy atom. The lowest BCUT2D eigenvalue weighted by atomic mass is 10.2. The number of benzene rings is 1. The first-order valence-corrected chi connectivity index (χ1v) is 6.60. The van der Waals surface area contributed by atoms with Crippen molar-refractivity contribution in [3.8, 4) is 0 Å². The number of hydrogen-bond donors (Lipinski definition) is 1. The van der Waals surface area contributed by atoms with Crippen molar-refractivity contribution in [2.75, 3.05) is 0 Å². The lowest BCUT2D eigenvalue weighted by molar-refractivity contribution is 0.588. The van der Waals surface area contributed by atoms with Crippen molar-refractivity contribution in [1.29, 1.82) is 0 Å². The molecule has 2 rings (SSSR count). The first-order valence-electron chi connectivity index (χ1n) is 4.93. The van der Waals surface area contributed by atoms with E-state index in [2.05, 4.69) is 27.3 Å². The predicted molar refractivity (Wildman–Crippen MR) is 69.0 cm³/mol. The average molecular weight is 300 g/mol. The molecule has 0 radical (unpaired) electrons. The van der Waals surface area contributed by atoms with Gasteiger partial charge in [0.25, 0.3) is 0 Å². The average Bonchev–Trinajstić information content (AvgIpc) is 2.76. The van der Waals surface area contributed by atoms with E-state index >= 15 is 0 Å². The molecule has 0 bridgehead atoms. The van der Waals surface area contributed by atoms with Gasteiger partial charge in [-0.05, 0) is 29.6 Å². The van der Waals surface area contributed by atoms with Crippen LogP contribution in [0.2, 0.25) is 0 Å². The lowest BCUT2D eigenvalue weighted by Gasteiger charge is -2.05. The van der Waals surface area contributed by atoms with Crippen LogP contribution in [-0.4, -0.2) is 0 Å². The molecule has 0 fully saturated rings. The summed E-state index contributed by atoms with van der Waals surface area (Å²) in [6.45, 7) is 1.33. The van der Waals surface area contributed by atoms with E-state index in [-0.39, 0.29) is 5.82 Å². The standard InChI is InChI=1S/C12H11BrFNS/c13-10-3-4-12(14)9(6-10)7-15-8-11-2-1-5-16-11/h1-6,15H,7-8H2. The van der Waals surface area contributed by atoms with E-state index in [1.807, 2.05) is 11.4 Å². The van der Waals surface area contributed by atoms with Crippen LogP contribution in [0.15, 0.2) is 40.2 Å². The van der Waals surface area contributed by atoms with E-state index in [0.717, 1.165) is 11.0 Å². The summed E-state index contributed by atoms with van der Waals surface area (Å²) in [5.41, 5.74) is 0.686. The summed E-state index contributed by atoms with van der Waals surface area (Å²) in [6, 6.07) is 9.07. The highest BCUT2D eigenvalue weighted by molar-refractivity contribution is 9.10. The van der Waals surface area contributed by atoms with Crippen molar-refractivity contribution < 1.29 is 4.39 Å². The number of halogens is 2. The molecule has 2 aromatic rings. The topological polar surface area (TPSA) is 12.0 Å². The highest BCUT2D eigenvalue weighted by Crippen LogP contribution is 2.15. The molecule has 0 aliphatic carbocycles. The Morgan fingerprint density at radius 3 is 2.88 bits per heavy atom. The van der Waals surface area contributed by atoms with E-state index in [9.17, 15) is 4.39 Å². The number of nitrogens with one attached hydrogen (secondary N) is 1. The molecule has 4 heteroatoms. The van der Waals surface area contributed by atoms with Gasteiger partial charge in [0.1, 0.15) is 5.82 Å². The quantitative estimate of drug-likeness (QED) is 0.902. The smallest absolute Gasteiger partial charge is 0.127 e. The largest absolute Gasteiger partial charge is 0.308 e. The van der Waals surface area contributed by atoms with Gasteiger partial charge in [-0.25, -0.2) is 4.39 Å². The second kappa shape index (κ2) is 5.57. The minimum Gasteiger partial charge on any atom is -0.308 e. The van der Waals surface area contributed by atoms with Crippen molar-refractivity contribution in [3.63, 3.8) is 0 Å². The molecule has 1 nitrogen and oxygen atoms in total. The third kappa shape index (κ3) is 3.14. The maximum absolute atomic E-state index is 13.4. The summed E-state index contributed by atoms with van der Waals surface area (Å²) in [5.74, 6) is -0.165. The van der Waals surface area contributed by atoms with Gasteiger partial charge in [0.2, 0.25) is 0 Å². The molecule has 0 aliphatic rings. The zero-order chi connectivity index (χ0) is 11.4. The van der Waals surface area contributed by atoms with Gasteiger partial charge in [0, 0.05) is 28.0 Å². The van der Waals surface area contributed by atoms with Gasteiger partial charge < -0.3 is 5.32 Å². The lowest BCUT2D eigenvalue weighted by Crippen LogP contribution is -2.12. The van der Waals surface area contributed by atoms with Crippen LogP contribution >= 0.6 is 27.3 Å². The Balaban J connectivity index is 1.92. The fourth-order valence-electron chi connectivity index (χ4n) is 1.41. The van der Waals surface area contributed by atoms with Crippen molar-refractivity contribution in [1.82, 2.24) is 5.32 Å². The molecule has 1 aromatic carbocycles. The van der Waals surface area contributed by atoms with E-state index < -0.39 is 0 Å². The van der Waals surface area contributed by atoms with E-state index in [1.165, 1.54) is 10.9 Å². The zero-order valence-corrected chi connectivity index (χ0v) is 10.9. The molecule has 0 saturated heterocycles. The van der Waals surface area contributed by atoms with Gasteiger partial charge in [-0.15, -0.1) is 11.3 Å². The Hall–Kier alpha value is -0.710. The van der Waals surface area contributed by atoms with E-state index in [4.69, 9.17) is 0 Å². The molecule has 0 spiro atoms. The monoisotopic (exact) mass is 299 g/mol. The van der Waals surface area contributed by atoms with Crippen LogP contribution in [0, 0.1) is 5.82 Å². The molecular weight excluding hydrogens is 289 g/mol. The van der Waals surface area contributed by atoms with Crippen LogP contribution in [0.1, 0.15) is 10.4 Å². The molecule has 1 N–H and O–H groups in total. The van der Waals surface area contributed by atoms with Crippen molar-refractivity contribution in [2.24, 2.45) is 0 Å². The molecule has 1 aromatic heterocycles. The molecular formula is C12H11BrFNS. The molecule has 0 aliphatic heterocycles. The summed E-state index contributed by atoms with van der Waals surface area (Å²) in [4.78, 5) is 1.26. The van der Waals surface area contributed by atoms with Crippen LogP contribution < -0.4 is 5.32 Å². The molecule has 1 heterocycles. The highest BCUT2D eigenvalue weighted by atomic mass is 79.9. The number of rotatable bonds is 4. The van der Waals surface area contributed by atoms with Gasteiger partial charge in [-0.3, -0.25) is 0 Å². The van der Waals surface area contributed by atoms with Gasteiger partial charge in [-0.1, -0.05) is 22.0 Å². The van der Waals surface area contributed by atoms with E-state index in [0.29, 0.717) is 12.1 Å². The fourth-order valence-corrected chi connectivity index (χ4v) is 2.50. The molecule has 0 atom stereocenters. The molecule has 16 heavy (non-hydrogen) atoms. The van der Waals surface area contributed by atoms with Crippen LogP contribution in [0.4, 0.5) is 4.39 Å². The van der Waals surface area contributed by atoms with E-state index in [1.54, 1.807) is 23.5 Å². The summed E-state index contributed by atoms with van der Waals surface area (Å²) < 4.78 is 14.3. The first kappa shape index (κ1) is 11.8. The van der Waals surface area contributed by atoms with Crippen LogP contribution in [-0.2, 0) is 13.1 Å². The third-order valence-electron chi connectivity index (χ3n) is 2.20. The van der Waals surface area contributed by atoms with Gasteiger partial charge in [-0.2, -0.15) is 0 Å².